The molecule has 3 aliphatic heterocycles. The fraction of sp³-hybridized carbons (Fsp3) is 0.463. The van der Waals surface area contributed by atoms with Gasteiger partial charge in [0.05, 0.1) is 29.3 Å². The molecule has 0 aliphatic carbocycles. The minimum Gasteiger partial charge on any atom is -0.490 e. The molecule has 2 fully saturated rings. The highest BCUT2D eigenvalue weighted by atomic mass is 32.1. The Morgan fingerprint density at radius 3 is 2.46 bits per heavy atom. The number of nitrogen functional groups attached to an aromatic ring is 1. The molecule has 20 heteroatoms. The van der Waals surface area contributed by atoms with Crippen LogP contribution < -0.4 is 25.4 Å². The summed E-state index contributed by atoms with van der Waals surface area (Å²) in [5.41, 5.74) is 3.29. The van der Waals surface area contributed by atoms with Crippen molar-refractivity contribution in [3.63, 3.8) is 0 Å². The van der Waals surface area contributed by atoms with E-state index in [0.717, 1.165) is 43.4 Å². The average molecular weight is 883 g/mol. The second-order valence-electron chi connectivity index (χ2n) is 14.7. The van der Waals surface area contributed by atoms with Crippen molar-refractivity contribution in [3.8, 4) is 29.0 Å². The highest BCUT2D eigenvalue weighted by molar-refractivity contribution is 7.23. The number of aromatic nitrogens is 3. The number of fused-ring (bicyclic) bond motifs is 2. The standard InChI is InChI=1S/C31H26F5N7O2S.C7H12FN.C3H5F3/c1-4-14(2)40-29-17(12-37)19-16(7-8-18(32)26(19)46-29)20-22(31(34,35)36)25-21-24(23(20)33)41-30(44-3)42-28(21)43(10-11-45-25)13-15-6-5-9-39-27(15)38;8-6-4-7-2-1-3-9(7)5-6;1-2-3(4,5)6/h5-9,14,40H,4,10-11,13H2,1-3H3,(H2,38,39);6-7H,1-5H2;2H2,1H3. The van der Waals surface area contributed by atoms with Crippen LogP contribution in [0.2, 0.25) is 0 Å². The van der Waals surface area contributed by atoms with E-state index in [2.05, 4.69) is 25.2 Å². The summed E-state index contributed by atoms with van der Waals surface area (Å²) in [4.78, 5) is 16.4. The average Bonchev–Trinajstić information content (AvgIpc) is 3.88. The molecule has 0 spiro atoms. The molecular formula is C41H43F9N8O2S. The number of nitriles is 1. The number of nitrogens with zero attached hydrogens (tertiary/aromatic N) is 6. The number of hydrogen-bond acceptors (Lipinski definition) is 11. The van der Waals surface area contributed by atoms with Gasteiger partial charge in [0.25, 0.3) is 0 Å². The zero-order valence-electron chi connectivity index (χ0n) is 33.6. The number of thiophene rings is 1. The maximum absolute atomic E-state index is 16.9. The predicted octanol–water partition coefficient (Wildman–Crippen LogP) is 10.4. The van der Waals surface area contributed by atoms with E-state index in [4.69, 9.17) is 15.2 Å². The van der Waals surface area contributed by atoms with Crippen molar-refractivity contribution in [2.24, 2.45) is 0 Å². The lowest BCUT2D eigenvalue weighted by molar-refractivity contribution is -0.138. The molecule has 6 heterocycles. The Labute approximate surface area is 349 Å². The topological polar surface area (TPSA) is 125 Å². The van der Waals surface area contributed by atoms with Crippen molar-refractivity contribution < 1.29 is 49.0 Å². The van der Waals surface area contributed by atoms with Gasteiger partial charge >= 0.3 is 18.4 Å². The van der Waals surface area contributed by atoms with Gasteiger partial charge in [-0.3, -0.25) is 4.90 Å². The third-order valence-electron chi connectivity index (χ3n) is 10.7. The van der Waals surface area contributed by atoms with Gasteiger partial charge in [-0.2, -0.15) is 41.6 Å². The van der Waals surface area contributed by atoms with E-state index in [0.29, 0.717) is 24.6 Å². The number of nitrogens with two attached hydrogens (primary N) is 1. The largest absolute Gasteiger partial charge is 0.490 e. The van der Waals surface area contributed by atoms with Crippen molar-refractivity contribution in [2.45, 2.75) is 90.0 Å². The Morgan fingerprint density at radius 1 is 1.10 bits per heavy atom. The van der Waals surface area contributed by atoms with Crippen LogP contribution in [0.15, 0.2) is 30.5 Å². The van der Waals surface area contributed by atoms with Crippen molar-refractivity contribution in [2.75, 3.05) is 49.3 Å². The van der Waals surface area contributed by atoms with E-state index in [9.17, 15) is 22.8 Å². The van der Waals surface area contributed by atoms with Crippen LogP contribution in [0, 0.1) is 23.0 Å². The van der Waals surface area contributed by atoms with Gasteiger partial charge in [0.1, 0.15) is 58.1 Å². The van der Waals surface area contributed by atoms with Crippen LogP contribution in [0.1, 0.15) is 69.6 Å². The quantitative estimate of drug-likeness (QED) is 0.153. The predicted molar refractivity (Wildman–Crippen MR) is 216 cm³/mol. The van der Waals surface area contributed by atoms with Crippen LogP contribution in [0.25, 0.3) is 32.1 Å². The molecule has 3 aromatic heterocycles. The minimum absolute atomic E-state index is 0.0427. The number of rotatable bonds is 7. The SMILES string of the molecule is CCC(C)Nc1sc2c(F)ccc(-c3c(C(F)(F)F)c4c5c(nc(OC)nc5c3F)N(Cc3cccnc3N)CCO4)c2c1C#N.CCC(F)(F)F.FC1CC2CCCN2C1. The number of nitrogens with one attached hydrogen (secondary N) is 1. The van der Waals surface area contributed by atoms with Crippen LogP contribution in [-0.2, 0) is 12.7 Å². The normalized spacial score (nSPS) is 18.0. The maximum atomic E-state index is 16.9. The summed E-state index contributed by atoms with van der Waals surface area (Å²) in [7, 11) is 1.24. The molecule has 2 aromatic carbocycles. The van der Waals surface area contributed by atoms with Crippen molar-refractivity contribution >= 4 is 49.0 Å². The number of ether oxygens (including phenoxy) is 2. The van der Waals surface area contributed by atoms with Gasteiger partial charge in [-0.1, -0.05) is 26.0 Å². The van der Waals surface area contributed by atoms with Crippen molar-refractivity contribution in [1.29, 1.82) is 5.26 Å². The Morgan fingerprint density at radius 2 is 1.84 bits per heavy atom. The second-order valence-corrected chi connectivity index (χ2v) is 15.8. The van der Waals surface area contributed by atoms with Crippen molar-refractivity contribution in [1.82, 2.24) is 19.9 Å². The molecule has 0 bridgehead atoms. The molecule has 0 radical (unpaired) electrons. The summed E-state index contributed by atoms with van der Waals surface area (Å²) in [5.74, 6) is -2.68. The maximum Gasteiger partial charge on any atom is 0.420 e. The van der Waals surface area contributed by atoms with Gasteiger partial charge in [0.15, 0.2) is 5.82 Å². The number of pyridine rings is 1. The van der Waals surface area contributed by atoms with Gasteiger partial charge in [-0.05, 0) is 56.8 Å². The van der Waals surface area contributed by atoms with Gasteiger partial charge in [0, 0.05) is 54.3 Å². The smallest absolute Gasteiger partial charge is 0.420 e. The van der Waals surface area contributed by atoms with Crippen LogP contribution >= 0.6 is 11.3 Å². The molecule has 0 saturated carbocycles. The number of benzene rings is 2. The first kappa shape index (κ1) is 45.2. The summed E-state index contributed by atoms with van der Waals surface area (Å²) in [5, 5.41) is 13.0. The van der Waals surface area contributed by atoms with E-state index in [1.807, 2.05) is 19.9 Å². The van der Waals surface area contributed by atoms with Gasteiger partial charge in [-0.25, -0.2) is 18.2 Å². The third kappa shape index (κ3) is 9.62. The molecule has 3 unspecified atom stereocenters. The molecule has 8 rings (SSSR count). The molecule has 328 valence electrons. The molecule has 10 nitrogen and oxygen atoms in total. The summed E-state index contributed by atoms with van der Waals surface area (Å²) < 4.78 is 134. The first-order chi connectivity index (χ1) is 28.9. The minimum atomic E-state index is -5.17. The molecule has 3 N–H and O–H groups in total. The molecular weight excluding hydrogens is 840 g/mol. The third-order valence-corrected chi connectivity index (χ3v) is 11.8. The van der Waals surface area contributed by atoms with E-state index in [-0.39, 0.29) is 75.0 Å². The van der Waals surface area contributed by atoms with Crippen LogP contribution in [0.3, 0.4) is 0 Å². The van der Waals surface area contributed by atoms with Crippen LogP contribution in [0.4, 0.5) is 56.2 Å². The zero-order valence-corrected chi connectivity index (χ0v) is 34.4. The Balaban J connectivity index is 0.000000347. The number of hydrogen-bond donors (Lipinski definition) is 2. The van der Waals surface area contributed by atoms with E-state index in [1.54, 1.807) is 17.0 Å². The van der Waals surface area contributed by atoms with E-state index in [1.165, 1.54) is 26.1 Å². The van der Waals surface area contributed by atoms with Gasteiger partial charge < -0.3 is 25.4 Å². The summed E-state index contributed by atoms with van der Waals surface area (Å²) in [6.45, 7) is 6.54. The lowest BCUT2D eigenvalue weighted by Crippen LogP contribution is -2.28. The molecule has 0 amide bonds. The highest BCUT2D eigenvalue weighted by Crippen LogP contribution is 2.53. The molecule has 3 atom stereocenters. The van der Waals surface area contributed by atoms with Gasteiger partial charge in [-0.15, -0.1) is 11.3 Å². The van der Waals surface area contributed by atoms with Crippen LogP contribution in [-0.4, -0.2) is 77.6 Å². The van der Waals surface area contributed by atoms with E-state index >= 15 is 22.0 Å². The summed E-state index contributed by atoms with van der Waals surface area (Å²) in [6, 6.07) is 7.52. The fourth-order valence-corrected chi connectivity index (χ4v) is 8.69. The Bertz CT molecular complexity index is 2410. The number of anilines is 3. The number of methoxy groups -OCH3 is 1. The number of halogens is 9. The summed E-state index contributed by atoms with van der Waals surface area (Å²) >= 11 is 0.875. The molecule has 3 aliphatic rings. The van der Waals surface area contributed by atoms with Crippen LogP contribution in [0.5, 0.6) is 11.8 Å². The molecule has 5 aromatic rings. The lowest BCUT2D eigenvalue weighted by atomic mass is 9.91. The lowest BCUT2D eigenvalue weighted by Gasteiger charge is -2.24. The monoisotopic (exact) mass is 882 g/mol. The fourth-order valence-electron chi connectivity index (χ4n) is 7.50. The van der Waals surface area contributed by atoms with E-state index < -0.39 is 59.0 Å². The first-order valence-electron chi connectivity index (χ1n) is 19.5. The number of alkyl halides is 7. The molecule has 61 heavy (non-hydrogen) atoms. The van der Waals surface area contributed by atoms with Crippen molar-refractivity contribution in [3.05, 3.63) is 58.8 Å². The Kier molecular flexibility index (Phi) is 13.6. The highest BCUT2D eigenvalue weighted by Gasteiger charge is 2.44. The second kappa shape index (κ2) is 18.4. The first-order valence-corrected chi connectivity index (χ1v) is 20.3. The zero-order chi connectivity index (χ0) is 44.4. The summed E-state index contributed by atoms with van der Waals surface area (Å²) in [6.07, 6.45) is -4.89. The van der Waals surface area contributed by atoms with Gasteiger partial charge in [0.2, 0.25) is 0 Å². The Hall–Kier alpha value is -5.29. The molecule has 2 saturated heterocycles.